The van der Waals surface area contributed by atoms with E-state index in [-0.39, 0.29) is 0 Å². The third kappa shape index (κ3) is 12.0. The van der Waals surface area contributed by atoms with E-state index in [1.807, 2.05) is 0 Å². The summed E-state index contributed by atoms with van der Waals surface area (Å²) in [5.74, 6) is 0. The molecule has 0 aromatic rings. The van der Waals surface area contributed by atoms with Gasteiger partial charge in [0.05, 0.1) is 0 Å². The zero-order valence-corrected chi connectivity index (χ0v) is 11.9. The molecule has 2 nitrogen and oxygen atoms in total. The normalized spacial score (nSPS) is 13.3. The molecule has 0 fully saturated rings. The Bertz CT molecular complexity index is 135. The number of hydrogen-bond donors (Lipinski definition) is 1. The van der Waals surface area contributed by atoms with Crippen molar-refractivity contribution < 1.29 is 0 Å². The van der Waals surface area contributed by atoms with Crippen molar-refractivity contribution in [2.75, 3.05) is 27.2 Å². The third-order valence-electron chi connectivity index (χ3n) is 3.02. The van der Waals surface area contributed by atoms with E-state index in [2.05, 4.69) is 38.2 Å². The summed E-state index contributed by atoms with van der Waals surface area (Å²) in [6, 6.07) is 0.698. The summed E-state index contributed by atoms with van der Waals surface area (Å²) in [5, 5.41) is 3.60. The maximum absolute atomic E-state index is 3.60. The summed E-state index contributed by atoms with van der Waals surface area (Å²) in [5.41, 5.74) is 0. The summed E-state index contributed by atoms with van der Waals surface area (Å²) in [4.78, 5) is 2.25. The van der Waals surface area contributed by atoms with Gasteiger partial charge >= 0.3 is 0 Å². The van der Waals surface area contributed by atoms with Crippen LogP contribution in [0.4, 0.5) is 0 Å². The lowest BCUT2D eigenvalue weighted by atomic mass is 10.1. The van der Waals surface area contributed by atoms with Crippen LogP contribution in [0.1, 0.15) is 58.8 Å². The van der Waals surface area contributed by atoms with E-state index in [9.17, 15) is 0 Å². The van der Waals surface area contributed by atoms with Crippen molar-refractivity contribution >= 4 is 0 Å². The van der Waals surface area contributed by atoms with E-state index in [0.29, 0.717) is 6.04 Å². The zero-order chi connectivity index (χ0) is 12.2. The fourth-order valence-corrected chi connectivity index (χ4v) is 1.90. The average Bonchev–Trinajstić information content (AvgIpc) is 2.24. The van der Waals surface area contributed by atoms with Crippen molar-refractivity contribution in [3.05, 3.63) is 0 Å². The van der Waals surface area contributed by atoms with Gasteiger partial charge in [-0.3, -0.25) is 0 Å². The highest BCUT2D eigenvalue weighted by molar-refractivity contribution is 4.61. The van der Waals surface area contributed by atoms with Gasteiger partial charge in [0.25, 0.3) is 0 Å². The standard InChI is InChI=1S/C14H32N2/c1-5-6-7-8-9-11-14(2)15-12-10-13-16(3)4/h14-15H,5-13H2,1-4H3. The fraction of sp³-hybridized carbons (Fsp3) is 1.00. The summed E-state index contributed by atoms with van der Waals surface area (Å²) in [6.45, 7) is 6.94. The van der Waals surface area contributed by atoms with E-state index in [0.717, 1.165) is 6.54 Å². The Hall–Kier alpha value is -0.0800. The second-order valence-electron chi connectivity index (χ2n) is 5.21. The van der Waals surface area contributed by atoms with E-state index in [4.69, 9.17) is 0 Å². The molecule has 1 N–H and O–H groups in total. The molecule has 16 heavy (non-hydrogen) atoms. The number of unbranched alkanes of at least 4 members (excludes halogenated alkanes) is 4. The molecule has 0 aliphatic carbocycles. The molecule has 0 aliphatic heterocycles. The zero-order valence-electron chi connectivity index (χ0n) is 11.9. The smallest absolute Gasteiger partial charge is 0.00387 e. The molecule has 0 spiro atoms. The quantitative estimate of drug-likeness (QED) is 0.546. The highest BCUT2D eigenvalue weighted by Gasteiger charge is 2.00. The Morgan fingerprint density at radius 1 is 1.00 bits per heavy atom. The second kappa shape index (κ2) is 11.4. The van der Waals surface area contributed by atoms with Crippen molar-refractivity contribution in [1.29, 1.82) is 0 Å². The molecule has 0 bridgehead atoms. The predicted molar refractivity (Wildman–Crippen MR) is 74.0 cm³/mol. The van der Waals surface area contributed by atoms with Crippen LogP contribution >= 0.6 is 0 Å². The summed E-state index contributed by atoms with van der Waals surface area (Å²) >= 11 is 0. The van der Waals surface area contributed by atoms with E-state index in [1.165, 1.54) is 51.5 Å². The van der Waals surface area contributed by atoms with Gasteiger partial charge in [-0.15, -0.1) is 0 Å². The lowest BCUT2D eigenvalue weighted by molar-refractivity contribution is 0.383. The number of rotatable bonds is 11. The average molecular weight is 228 g/mol. The van der Waals surface area contributed by atoms with Crippen LogP contribution in [0.15, 0.2) is 0 Å². The van der Waals surface area contributed by atoms with E-state index >= 15 is 0 Å². The Labute approximate surface area is 103 Å². The second-order valence-corrected chi connectivity index (χ2v) is 5.21. The van der Waals surface area contributed by atoms with Crippen molar-refractivity contribution in [2.24, 2.45) is 0 Å². The first kappa shape index (κ1) is 15.9. The topological polar surface area (TPSA) is 15.3 Å². The number of hydrogen-bond acceptors (Lipinski definition) is 2. The first-order chi connectivity index (χ1) is 7.66. The Kier molecular flexibility index (Phi) is 11.3. The molecule has 0 aromatic heterocycles. The van der Waals surface area contributed by atoms with Crippen LogP contribution in [0, 0.1) is 0 Å². The van der Waals surface area contributed by atoms with Gasteiger partial charge in [0.1, 0.15) is 0 Å². The van der Waals surface area contributed by atoms with E-state index in [1.54, 1.807) is 0 Å². The fourth-order valence-electron chi connectivity index (χ4n) is 1.90. The largest absolute Gasteiger partial charge is 0.314 e. The first-order valence-electron chi connectivity index (χ1n) is 7.05. The van der Waals surface area contributed by atoms with Crippen molar-refractivity contribution in [3.8, 4) is 0 Å². The highest BCUT2D eigenvalue weighted by Crippen LogP contribution is 2.06. The monoisotopic (exact) mass is 228 g/mol. The van der Waals surface area contributed by atoms with Gasteiger partial charge in [0, 0.05) is 6.04 Å². The van der Waals surface area contributed by atoms with Gasteiger partial charge < -0.3 is 10.2 Å². The molecule has 0 radical (unpaired) electrons. The molecular formula is C14H32N2. The van der Waals surface area contributed by atoms with Gasteiger partial charge in [-0.25, -0.2) is 0 Å². The molecule has 2 heteroatoms. The molecule has 1 atom stereocenters. The summed E-state index contributed by atoms with van der Waals surface area (Å²) in [6.07, 6.45) is 9.57. The lowest BCUT2D eigenvalue weighted by Crippen LogP contribution is -2.29. The van der Waals surface area contributed by atoms with Crippen molar-refractivity contribution in [1.82, 2.24) is 10.2 Å². The summed E-state index contributed by atoms with van der Waals surface area (Å²) < 4.78 is 0. The van der Waals surface area contributed by atoms with Gasteiger partial charge in [0.2, 0.25) is 0 Å². The minimum atomic E-state index is 0.698. The van der Waals surface area contributed by atoms with Crippen molar-refractivity contribution in [2.45, 2.75) is 64.8 Å². The molecule has 0 saturated heterocycles. The van der Waals surface area contributed by atoms with Crippen LogP contribution in [-0.2, 0) is 0 Å². The van der Waals surface area contributed by atoms with Crippen LogP contribution in [-0.4, -0.2) is 38.1 Å². The Morgan fingerprint density at radius 2 is 1.69 bits per heavy atom. The van der Waals surface area contributed by atoms with Crippen LogP contribution in [0.2, 0.25) is 0 Å². The third-order valence-corrected chi connectivity index (χ3v) is 3.02. The van der Waals surface area contributed by atoms with Gasteiger partial charge in [-0.05, 0) is 47.0 Å². The first-order valence-corrected chi connectivity index (χ1v) is 7.05. The number of nitrogens with zero attached hydrogens (tertiary/aromatic N) is 1. The minimum Gasteiger partial charge on any atom is -0.314 e. The van der Waals surface area contributed by atoms with Gasteiger partial charge in [0.15, 0.2) is 0 Å². The molecule has 0 saturated carbocycles. The van der Waals surface area contributed by atoms with Crippen molar-refractivity contribution in [3.63, 3.8) is 0 Å². The maximum atomic E-state index is 3.60. The Morgan fingerprint density at radius 3 is 2.31 bits per heavy atom. The van der Waals surface area contributed by atoms with Crippen LogP contribution < -0.4 is 5.32 Å². The minimum absolute atomic E-state index is 0.698. The molecule has 0 aromatic carbocycles. The summed E-state index contributed by atoms with van der Waals surface area (Å²) in [7, 11) is 4.27. The predicted octanol–water partition coefficient (Wildman–Crippen LogP) is 3.28. The molecule has 1 unspecified atom stereocenters. The van der Waals surface area contributed by atoms with Gasteiger partial charge in [-0.1, -0.05) is 39.0 Å². The van der Waals surface area contributed by atoms with E-state index < -0.39 is 0 Å². The highest BCUT2D eigenvalue weighted by atomic mass is 15.1. The molecule has 0 heterocycles. The van der Waals surface area contributed by atoms with Crippen LogP contribution in [0.5, 0.6) is 0 Å². The molecular weight excluding hydrogens is 196 g/mol. The molecule has 0 aliphatic rings. The Balaban J connectivity index is 3.15. The van der Waals surface area contributed by atoms with Crippen LogP contribution in [0.25, 0.3) is 0 Å². The molecule has 0 amide bonds. The lowest BCUT2D eigenvalue weighted by Gasteiger charge is -2.15. The maximum Gasteiger partial charge on any atom is 0.00387 e. The molecule has 98 valence electrons. The number of nitrogens with one attached hydrogen (secondary N) is 1. The SMILES string of the molecule is CCCCCCCC(C)NCCCN(C)C. The van der Waals surface area contributed by atoms with Crippen LogP contribution in [0.3, 0.4) is 0 Å². The molecule has 0 rings (SSSR count). The van der Waals surface area contributed by atoms with Gasteiger partial charge in [-0.2, -0.15) is 0 Å².